The van der Waals surface area contributed by atoms with Crippen LogP contribution in [0.5, 0.6) is 0 Å². The van der Waals surface area contributed by atoms with Gasteiger partial charge in [0.2, 0.25) is 5.91 Å². The molecule has 10 heavy (non-hydrogen) atoms. The first-order chi connectivity index (χ1) is 4.60. The minimum atomic E-state index is 0.0942. The molecule has 0 aromatic carbocycles. The molecule has 1 atom stereocenters. The predicted molar refractivity (Wildman–Crippen MR) is 52.5 cm³/mol. The van der Waals surface area contributed by atoms with Gasteiger partial charge in [0, 0.05) is 13.0 Å². The van der Waals surface area contributed by atoms with E-state index in [9.17, 15) is 4.79 Å². The topological polar surface area (TPSA) is 29.1 Å². The third-order valence-corrected chi connectivity index (χ3v) is 3.09. The quantitative estimate of drug-likeness (QED) is 0.536. The van der Waals surface area contributed by atoms with Crippen molar-refractivity contribution in [3.05, 3.63) is 0 Å². The largest absolute Gasteiger partial charge is 0.354 e. The molecule has 1 aliphatic rings. The summed E-state index contributed by atoms with van der Waals surface area (Å²) < 4.78 is 0.0942. The van der Waals surface area contributed by atoms with Crippen molar-refractivity contribution in [2.75, 3.05) is 6.54 Å². The summed E-state index contributed by atoms with van der Waals surface area (Å²) >= 11 is 5.87. The average molecular weight is 318 g/mol. The monoisotopic (exact) mass is 317 g/mol. The molecular weight excluding hydrogens is 309 g/mol. The normalized spacial score (nSPS) is 34.8. The summed E-state index contributed by atoms with van der Waals surface area (Å²) in [5.74, 6) is 0.179. The van der Waals surface area contributed by atoms with Gasteiger partial charge in [0.25, 0.3) is 0 Å². The van der Waals surface area contributed by atoms with Crippen LogP contribution in [0.4, 0.5) is 0 Å². The number of hydrogen-bond donors (Lipinski definition) is 1. The fourth-order valence-corrected chi connectivity index (χ4v) is 1.90. The molecule has 1 fully saturated rings. The second-order valence-electron chi connectivity index (χ2n) is 2.49. The smallest absolute Gasteiger partial charge is 0.220 e. The number of carbonyl (C=O) groups is 1. The highest BCUT2D eigenvalue weighted by atomic mass is 127. The van der Waals surface area contributed by atoms with Crippen LogP contribution in [0.1, 0.15) is 19.3 Å². The molecule has 1 N–H and O–H groups in total. The lowest BCUT2D eigenvalue weighted by Gasteiger charge is -2.16. The van der Waals surface area contributed by atoms with Crippen molar-refractivity contribution in [3.8, 4) is 0 Å². The molecule has 0 spiro atoms. The molecular formula is C6H9BrINO. The summed E-state index contributed by atoms with van der Waals surface area (Å²) in [6, 6.07) is 0. The molecule has 1 amide bonds. The van der Waals surface area contributed by atoms with E-state index in [2.05, 4.69) is 43.8 Å². The SMILES string of the molecule is O=C1CCCC(Br)(I)CN1. The minimum Gasteiger partial charge on any atom is -0.354 e. The number of rotatable bonds is 0. The molecule has 0 bridgehead atoms. The Morgan fingerprint density at radius 3 is 3.10 bits per heavy atom. The van der Waals surface area contributed by atoms with Crippen molar-refractivity contribution in [1.82, 2.24) is 5.32 Å². The molecule has 0 saturated carbocycles. The molecule has 0 radical (unpaired) electrons. The minimum absolute atomic E-state index is 0.0942. The van der Waals surface area contributed by atoms with Gasteiger partial charge < -0.3 is 5.32 Å². The molecule has 1 rings (SSSR count). The first-order valence-corrected chi connectivity index (χ1v) is 5.12. The Morgan fingerprint density at radius 2 is 2.40 bits per heavy atom. The van der Waals surface area contributed by atoms with E-state index in [1.807, 2.05) is 0 Å². The Morgan fingerprint density at radius 1 is 1.70 bits per heavy atom. The number of amides is 1. The second kappa shape index (κ2) is 3.38. The molecule has 58 valence electrons. The lowest BCUT2D eigenvalue weighted by Crippen LogP contribution is -2.30. The number of alkyl halides is 2. The lowest BCUT2D eigenvalue weighted by atomic mass is 10.2. The van der Waals surface area contributed by atoms with Gasteiger partial charge >= 0.3 is 0 Å². The maximum absolute atomic E-state index is 10.8. The van der Waals surface area contributed by atoms with E-state index < -0.39 is 0 Å². The van der Waals surface area contributed by atoms with Crippen LogP contribution in [0, 0.1) is 0 Å². The molecule has 1 saturated heterocycles. The van der Waals surface area contributed by atoms with Crippen molar-refractivity contribution in [2.45, 2.75) is 21.6 Å². The van der Waals surface area contributed by atoms with Gasteiger partial charge in [0.15, 0.2) is 0 Å². The zero-order valence-corrected chi connectivity index (χ0v) is 9.24. The van der Waals surface area contributed by atoms with Gasteiger partial charge in [-0.1, -0.05) is 38.5 Å². The summed E-state index contributed by atoms with van der Waals surface area (Å²) in [4.78, 5) is 10.8. The molecule has 1 heterocycles. The van der Waals surface area contributed by atoms with Gasteiger partial charge in [-0.3, -0.25) is 4.79 Å². The van der Waals surface area contributed by atoms with Crippen LogP contribution < -0.4 is 5.32 Å². The van der Waals surface area contributed by atoms with Crippen molar-refractivity contribution in [2.24, 2.45) is 0 Å². The highest BCUT2D eigenvalue weighted by molar-refractivity contribution is 14.1. The van der Waals surface area contributed by atoms with Crippen LogP contribution in [-0.2, 0) is 4.79 Å². The Kier molecular flexibility index (Phi) is 2.97. The third kappa shape index (κ3) is 2.74. The fourth-order valence-electron chi connectivity index (χ4n) is 0.912. The summed E-state index contributed by atoms with van der Waals surface area (Å²) in [7, 11) is 0. The van der Waals surface area contributed by atoms with Crippen LogP contribution >= 0.6 is 38.5 Å². The van der Waals surface area contributed by atoms with Crippen molar-refractivity contribution < 1.29 is 4.79 Å². The highest BCUT2D eigenvalue weighted by Gasteiger charge is 2.25. The summed E-state index contributed by atoms with van der Waals surface area (Å²) in [5, 5.41) is 2.84. The van der Waals surface area contributed by atoms with Crippen LogP contribution in [0.2, 0.25) is 0 Å². The molecule has 0 aromatic heterocycles. The van der Waals surface area contributed by atoms with Crippen molar-refractivity contribution in [1.29, 1.82) is 0 Å². The lowest BCUT2D eigenvalue weighted by molar-refractivity contribution is -0.120. The van der Waals surface area contributed by atoms with Gasteiger partial charge in [0.1, 0.15) is 0 Å². The van der Waals surface area contributed by atoms with Crippen molar-refractivity contribution >= 4 is 44.4 Å². The van der Waals surface area contributed by atoms with Crippen LogP contribution in [0.15, 0.2) is 0 Å². The van der Waals surface area contributed by atoms with Gasteiger partial charge in [-0.15, -0.1) is 0 Å². The zero-order valence-electron chi connectivity index (χ0n) is 5.49. The van der Waals surface area contributed by atoms with Gasteiger partial charge in [0.05, 0.1) is 2.33 Å². The number of halogens is 2. The van der Waals surface area contributed by atoms with E-state index in [1.165, 1.54) is 0 Å². The molecule has 1 unspecified atom stereocenters. The van der Waals surface area contributed by atoms with Crippen LogP contribution in [0.25, 0.3) is 0 Å². The summed E-state index contributed by atoms with van der Waals surface area (Å²) in [6.07, 6.45) is 2.72. The Bertz CT molecular complexity index is 149. The maximum Gasteiger partial charge on any atom is 0.220 e. The average Bonchev–Trinajstić information content (AvgIpc) is 1.94. The van der Waals surface area contributed by atoms with E-state index in [1.54, 1.807) is 0 Å². The van der Waals surface area contributed by atoms with Crippen molar-refractivity contribution in [3.63, 3.8) is 0 Å². The second-order valence-corrected chi connectivity index (χ2v) is 7.55. The first-order valence-electron chi connectivity index (χ1n) is 3.25. The molecule has 0 aliphatic carbocycles. The van der Waals surface area contributed by atoms with Gasteiger partial charge in [-0.05, 0) is 12.8 Å². The molecule has 4 heteroatoms. The Balaban J connectivity index is 2.48. The Hall–Kier alpha value is 0.680. The molecule has 2 nitrogen and oxygen atoms in total. The highest BCUT2D eigenvalue weighted by Crippen LogP contribution is 2.33. The summed E-state index contributed by atoms with van der Waals surface area (Å²) in [6.45, 7) is 0.742. The predicted octanol–water partition coefficient (Wildman–Crippen LogP) is 1.81. The molecule has 0 aromatic rings. The maximum atomic E-state index is 10.8. The van der Waals surface area contributed by atoms with Gasteiger partial charge in [-0.2, -0.15) is 0 Å². The number of hydrogen-bond acceptors (Lipinski definition) is 1. The van der Waals surface area contributed by atoms with E-state index in [0.717, 1.165) is 19.4 Å². The van der Waals surface area contributed by atoms with E-state index in [4.69, 9.17) is 0 Å². The standard InChI is InChI=1S/C6H9BrINO/c7-6(8)3-1-2-5(10)9-4-6/h1-4H2,(H,9,10). The first kappa shape index (κ1) is 8.77. The summed E-state index contributed by atoms with van der Waals surface area (Å²) in [5.41, 5.74) is 0. The van der Waals surface area contributed by atoms with E-state index in [-0.39, 0.29) is 8.24 Å². The zero-order chi connectivity index (χ0) is 7.61. The van der Waals surface area contributed by atoms with E-state index in [0.29, 0.717) is 6.42 Å². The molecule has 1 aliphatic heterocycles. The Labute approximate surface area is 82.4 Å². The van der Waals surface area contributed by atoms with Crippen LogP contribution in [-0.4, -0.2) is 14.8 Å². The fraction of sp³-hybridized carbons (Fsp3) is 0.833. The third-order valence-electron chi connectivity index (χ3n) is 1.49. The van der Waals surface area contributed by atoms with Gasteiger partial charge in [-0.25, -0.2) is 0 Å². The van der Waals surface area contributed by atoms with E-state index >= 15 is 0 Å². The number of carbonyl (C=O) groups excluding carboxylic acids is 1. The van der Waals surface area contributed by atoms with Crippen LogP contribution in [0.3, 0.4) is 0 Å². The number of nitrogens with one attached hydrogen (secondary N) is 1.